The number of rotatable bonds is 6. The van der Waals surface area contributed by atoms with E-state index in [0.717, 1.165) is 29.1 Å². The zero-order valence-corrected chi connectivity index (χ0v) is 15.1. The Morgan fingerprint density at radius 3 is 2.77 bits per heavy atom. The number of anilines is 2. The Kier molecular flexibility index (Phi) is 5.51. The molecule has 2 aromatic rings. The topological polar surface area (TPSA) is 62.7 Å². The molecule has 0 unspecified atom stereocenters. The number of fused-ring (bicyclic) bond motifs is 1. The molecule has 1 aromatic carbocycles. The Morgan fingerprint density at radius 2 is 2.00 bits per heavy atom. The zero-order chi connectivity index (χ0) is 18.5. The monoisotopic (exact) mass is 353 g/mol. The zero-order valence-electron chi connectivity index (χ0n) is 15.1. The van der Waals surface area contributed by atoms with Gasteiger partial charge in [-0.15, -0.1) is 0 Å². The maximum Gasteiger partial charge on any atom is 0.227 e. The summed E-state index contributed by atoms with van der Waals surface area (Å²) in [5.41, 5.74) is 2.90. The van der Waals surface area contributed by atoms with Gasteiger partial charge in [0.15, 0.2) is 0 Å². The summed E-state index contributed by atoms with van der Waals surface area (Å²) in [4.78, 5) is 31.2. The molecule has 2 heterocycles. The van der Waals surface area contributed by atoms with Crippen LogP contribution in [0.4, 0.5) is 11.4 Å². The Morgan fingerprint density at radius 1 is 1.23 bits per heavy atom. The standard InChI is InChI=1S/C20H23N3O3/c1-22(16-9-11-21-12-10-16)19(24)4-3-13-26-17-6-7-18-15(14-17)5-8-20(25)23(18)2/h6-7,9-12,14H,3-5,8,13H2,1-2H3. The average molecular weight is 353 g/mol. The highest BCUT2D eigenvalue weighted by Crippen LogP contribution is 2.30. The van der Waals surface area contributed by atoms with Gasteiger partial charge in [-0.1, -0.05) is 0 Å². The van der Waals surface area contributed by atoms with Crippen LogP contribution in [0.1, 0.15) is 24.8 Å². The van der Waals surface area contributed by atoms with E-state index in [0.29, 0.717) is 25.9 Å². The minimum atomic E-state index is 0.0466. The number of hydrogen-bond acceptors (Lipinski definition) is 4. The molecule has 6 nitrogen and oxygen atoms in total. The van der Waals surface area contributed by atoms with E-state index in [9.17, 15) is 9.59 Å². The van der Waals surface area contributed by atoms with Gasteiger partial charge in [0.2, 0.25) is 11.8 Å². The highest BCUT2D eigenvalue weighted by molar-refractivity contribution is 5.96. The maximum atomic E-state index is 12.2. The van der Waals surface area contributed by atoms with Gasteiger partial charge < -0.3 is 14.5 Å². The summed E-state index contributed by atoms with van der Waals surface area (Å²) in [6, 6.07) is 9.40. The predicted octanol–water partition coefficient (Wildman–Crippen LogP) is 2.81. The fourth-order valence-electron chi connectivity index (χ4n) is 3.02. The molecule has 0 aliphatic carbocycles. The van der Waals surface area contributed by atoms with E-state index in [4.69, 9.17) is 4.74 Å². The van der Waals surface area contributed by atoms with Crippen LogP contribution in [0.2, 0.25) is 0 Å². The summed E-state index contributed by atoms with van der Waals surface area (Å²) in [5, 5.41) is 0. The third kappa shape index (κ3) is 4.02. The van der Waals surface area contributed by atoms with Gasteiger partial charge in [-0.3, -0.25) is 14.6 Å². The summed E-state index contributed by atoms with van der Waals surface area (Å²) in [6.45, 7) is 0.476. The molecule has 0 radical (unpaired) electrons. The molecule has 6 heteroatoms. The molecule has 1 aliphatic rings. The molecule has 3 rings (SSSR count). The Labute approximate surface area is 153 Å². The summed E-state index contributed by atoms with van der Waals surface area (Å²) in [7, 11) is 3.56. The van der Waals surface area contributed by atoms with Crippen LogP contribution in [0.5, 0.6) is 5.75 Å². The van der Waals surface area contributed by atoms with E-state index in [1.54, 1.807) is 36.3 Å². The first-order chi connectivity index (χ1) is 12.6. The fourth-order valence-corrected chi connectivity index (χ4v) is 3.02. The van der Waals surface area contributed by atoms with Crippen molar-refractivity contribution in [1.29, 1.82) is 0 Å². The number of pyridine rings is 1. The molecule has 0 fully saturated rings. The van der Waals surface area contributed by atoms with Crippen molar-refractivity contribution in [3.63, 3.8) is 0 Å². The number of benzene rings is 1. The van der Waals surface area contributed by atoms with Gasteiger partial charge in [-0.05, 0) is 48.7 Å². The molecular formula is C20H23N3O3. The number of carbonyl (C=O) groups excluding carboxylic acids is 2. The van der Waals surface area contributed by atoms with E-state index in [1.807, 2.05) is 30.3 Å². The van der Waals surface area contributed by atoms with Crippen LogP contribution in [-0.2, 0) is 16.0 Å². The van der Waals surface area contributed by atoms with E-state index >= 15 is 0 Å². The van der Waals surface area contributed by atoms with Crippen LogP contribution < -0.4 is 14.5 Å². The van der Waals surface area contributed by atoms with Crippen molar-refractivity contribution in [2.24, 2.45) is 0 Å². The molecule has 0 bridgehead atoms. The highest BCUT2D eigenvalue weighted by atomic mass is 16.5. The van der Waals surface area contributed by atoms with Crippen molar-refractivity contribution in [1.82, 2.24) is 4.98 Å². The third-order valence-corrected chi connectivity index (χ3v) is 4.62. The first kappa shape index (κ1) is 17.9. The van der Waals surface area contributed by atoms with Crippen LogP contribution in [0.3, 0.4) is 0 Å². The second kappa shape index (κ2) is 7.99. The Balaban J connectivity index is 1.48. The first-order valence-electron chi connectivity index (χ1n) is 8.75. The number of carbonyl (C=O) groups is 2. The summed E-state index contributed by atoms with van der Waals surface area (Å²) >= 11 is 0. The molecule has 0 N–H and O–H groups in total. The van der Waals surface area contributed by atoms with Crippen molar-refractivity contribution in [2.75, 3.05) is 30.5 Å². The number of aryl methyl sites for hydroxylation is 1. The lowest BCUT2D eigenvalue weighted by Crippen LogP contribution is -2.30. The van der Waals surface area contributed by atoms with Crippen LogP contribution in [-0.4, -0.2) is 37.5 Å². The quantitative estimate of drug-likeness (QED) is 0.749. The first-order valence-corrected chi connectivity index (χ1v) is 8.75. The number of hydrogen-bond donors (Lipinski definition) is 0. The average Bonchev–Trinajstić information content (AvgIpc) is 2.68. The van der Waals surface area contributed by atoms with Gasteiger partial charge in [-0.25, -0.2) is 0 Å². The summed E-state index contributed by atoms with van der Waals surface area (Å²) in [5.74, 6) is 0.967. The van der Waals surface area contributed by atoms with Crippen LogP contribution in [0.15, 0.2) is 42.7 Å². The Bertz CT molecular complexity index is 792. The van der Waals surface area contributed by atoms with Crippen LogP contribution >= 0.6 is 0 Å². The van der Waals surface area contributed by atoms with Gasteiger partial charge in [-0.2, -0.15) is 0 Å². The molecule has 0 spiro atoms. The minimum Gasteiger partial charge on any atom is -0.494 e. The van der Waals surface area contributed by atoms with Crippen molar-refractivity contribution in [3.8, 4) is 5.75 Å². The smallest absolute Gasteiger partial charge is 0.227 e. The fraction of sp³-hybridized carbons (Fsp3) is 0.350. The minimum absolute atomic E-state index is 0.0466. The second-order valence-corrected chi connectivity index (χ2v) is 6.35. The van der Waals surface area contributed by atoms with E-state index in [2.05, 4.69) is 4.98 Å². The molecule has 0 saturated carbocycles. The van der Waals surface area contributed by atoms with Gasteiger partial charge in [0, 0.05) is 50.7 Å². The molecule has 1 aliphatic heterocycles. The van der Waals surface area contributed by atoms with Crippen molar-refractivity contribution >= 4 is 23.2 Å². The number of amides is 2. The Hall–Kier alpha value is -2.89. The maximum absolute atomic E-state index is 12.2. The van der Waals surface area contributed by atoms with Crippen molar-refractivity contribution in [2.45, 2.75) is 25.7 Å². The lowest BCUT2D eigenvalue weighted by atomic mass is 10.0. The van der Waals surface area contributed by atoms with Crippen molar-refractivity contribution in [3.05, 3.63) is 48.3 Å². The van der Waals surface area contributed by atoms with Gasteiger partial charge >= 0.3 is 0 Å². The van der Waals surface area contributed by atoms with Crippen LogP contribution in [0.25, 0.3) is 0 Å². The van der Waals surface area contributed by atoms with E-state index in [-0.39, 0.29) is 11.8 Å². The second-order valence-electron chi connectivity index (χ2n) is 6.35. The predicted molar refractivity (Wildman–Crippen MR) is 101 cm³/mol. The highest BCUT2D eigenvalue weighted by Gasteiger charge is 2.21. The third-order valence-electron chi connectivity index (χ3n) is 4.62. The molecular weight excluding hydrogens is 330 g/mol. The largest absolute Gasteiger partial charge is 0.494 e. The molecule has 0 saturated heterocycles. The normalized spacial score (nSPS) is 13.3. The lowest BCUT2D eigenvalue weighted by Gasteiger charge is -2.26. The number of aromatic nitrogens is 1. The molecule has 1 aromatic heterocycles. The van der Waals surface area contributed by atoms with Gasteiger partial charge in [0.1, 0.15) is 5.75 Å². The molecule has 136 valence electrons. The summed E-state index contributed by atoms with van der Waals surface area (Å²) in [6.07, 6.45) is 5.67. The van der Waals surface area contributed by atoms with Gasteiger partial charge in [0.25, 0.3) is 0 Å². The molecule has 0 atom stereocenters. The SMILES string of the molecule is CN(C(=O)CCCOc1ccc2c(c1)CCC(=O)N2C)c1ccncc1. The van der Waals surface area contributed by atoms with Crippen molar-refractivity contribution < 1.29 is 14.3 Å². The molecule has 2 amide bonds. The molecule has 26 heavy (non-hydrogen) atoms. The number of nitrogens with zero attached hydrogens (tertiary/aromatic N) is 3. The summed E-state index contributed by atoms with van der Waals surface area (Å²) < 4.78 is 5.79. The van der Waals surface area contributed by atoms with E-state index in [1.165, 1.54) is 0 Å². The van der Waals surface area contributed by atoms with E-state index < -0.39 is 0 Å². The van der Waals surface area contributed by atoms with Crippen LogP contribution in [0, 0.1) is 0 Å². The lowest BCUT2D eigenvalue weighted by molar-refractivity contribution is -0.119. The van der Waals surface area contributed by atoms with Gasteiger partial charge in [0.05, 0.1) is 6.61 Å². The number of ether oxygens (including phenoxy) is 1.